The molecule has 1 unspecified atom stereocenters. The number of ketones is 1. The lowest BCUT2D eigenvalue weighted by Gasteiger charge is -2.40. The standard InChI is InChI=1S/C8H13NO3/c1-5(8(11)12)9-3-7(4-9)6(2)10/h5,7H,3-4H2,1-2H3,(H,11,12). The highest BCUT2D eigenvalue weighted by Crippen LogP contribution is 2.18. The Morgan fingerprint density at radius 3 is 2.33 bits per heavy atom. The van der Waals surface area contributed by atoms with E-state index < -0.39 is 12.0 Å². The number of carboxylic acids is 1. The monoisotopic (exact) mass is 171 g/mol. The minimum Gasteiger partial charge on any atom is -0.480 e. The lowest BCUT2D eigenvalue weighted by atomic mass is 9.94. The third kappa shape index (κ3) is 1.64. The number of carboxylic acid groups (broad SMARTS) is 1. The van der Waals surface area contributed by atoms with E-state index in [-0.39, 0.29) is 11.7 Å². The Bertz CT molecular complexity index is 208. The van der Waals surface area contributed by atoms with Gasteiger partial charge in [-0.3, -0.25) is 14.5 Å². The van der Waals surface area contributed by atoms with Crippen molar-refractivity contribution in [3.05, 3.63) is 0 Å². The molecule has 0 aromatic rings. The summed E-state index contributed by atoms with van der Waals surface area (Å²) >= 11 is 0. The summed E-state index contributed by atoms with van der Waals surface area (Å²) in [5.74, 6) is -0.604. The first-order valence-electron chi connectivity index (χ1n) is 3.99. The van der Waals surface area contributed by atoms with Crippen LogP contribution in [0.15, 0.2) is 0 Å². The maximum absolute atomic E-state index is 10.8. The lowest BCUT2D eigenvalue weighted by molar-refractivity contribution is -0.147. The van der Waals surface area contributed by atoms with E-state index in [1.165, 1.54) is 0 Å². The number of hydrogen-bond acceptors (Lipinski definition) is 3. The van der Waals surface area contributed by atoms with Crippen molar-refractivity contribution >= 4 is 11.8 Å². The molecule has 0 radical (unpaired) electrons. The molecule has 1 fully saturated rings. The van der Waals surface area contributed by atoms with Crippen LogP contribution in [-0.2, 0) is 9.59 Å². The minimum absolute atomic E-state index is 0.0619. The van der Waals surface area contributed by atoms with Crippen molar-refractivity contribution in [1.29, 1.82) is 0 Å². The summed E-state index contributed by atoms with van der Waals surface area (Å²) in [6.45, 7) is 4.39. The summed E-state index contributed by atoms with van der Waals surface area (Å²) in [7, 11) is 0. The molecule has 68 valence electrons. The Kier molecular flexibility index (Phi) is 2.47. The molecule has 0 aromatic heterocycles. The summed E-state index contributed by atoms with van der Waals surface area (Å²) in [6.07, 6.45) is 0. The third-order valence-electron chi connectivity index (χ3n) is 2.39. The van der Waals surface area contributed by atoms with Gasteiger partial charge < -0.3 is 5.11 Å². The fraction of sp³-hybridized carbons (Fsp3) is 0.750. The first-order valence-corrected chi connectivity index (χ1v) is 3.99. The lowest BCUT2D eigenvalue weighted by Crippen LogP contribution is -2.55. The first kappa shape index (κ1) is 9.19. The van der Waals surface area contributed by atoms with Crippen LogP contribution in [-0.4, -0.2) is 40.9 Å². The SMILES string of the molecule is CC(=O)C1CN(C(C)C(=O)O)C1. The van der Waals surface area contributed by atoms with Crippen molar-refractivity contribution in [3.63, 3.8) is 0 Å². The van der Waals surface area contributed by atoms with Gasteiger partial charge in [0.2, 0.25) is 0 Å². The van der Waals surface area contributed by atoms with E-state index in [4.69, 9.17) is 5.11 Å². The number of aliphatic carboxylic acids is 1. The van der Waals surface area contributed by atoms with Crippen LogP contribution in [0.1, 0.15) is 13.8 Å². The largest absolute Gasteiger partial charge is 0.480 e. The van der Waals surface area contributed by atoms with E-state index in [9.17, 15) is 9.59 Å². The molecule has 1 saturated heterocycles. The van der Waals surface area contributed by atoms with Crippen LogP contribution in [0.2, 0.25) is 0 Å². The predicted molar refractivity (Wildman–Crippen MR) is 42.8 cm³/mol. The molecule has 0 bridgehead atoms. The van der Waals surface area contributed by atoms with Crippen molar-refractivity contribution < 1.29 is 14.7 Å². The van der Waals surface area contributed by atoms with Gasteiger partial charge in [0.1, 0.15) is 11.8 Å². The topological polar surface area (TPSA) is 57.6 Å². The number of nitrogens with zero attached hydrogens (tertiary/aromatic N) is 1. The number of likely N-dealkylation sites (tertiary alicyclic amines) is 1. The smallest absolute Gasteiger partial charge is 0.320 e. The summed E-state index contributed by atoms with van der Waals surface area (Å²) in [5, 5.41) is 8.62. The van der Waals surface area contributed by atoms with E-state index in [1.54, 1.807) is 18.7 Å². The zero-order valence-electron chi connectivity index (χ0n) is 7.28. The van der Waals surface area contributed by atoms with E-state index in [1.807, 2.05) is 0 Å². The van der Waals surface area contributed by atoms with Crippen LogP contribution in [0.3, 0.4) is 0 Å². The molecular weight excluding hydrogens is 158 g/mol. The maximum atomic E-state index is 10.8. The molecule has 4 nitrogen and oxygen atoms in total. The van der Waals surface area contributed by atoms with Crippen molar-refractivity contribution in [3.8, 4) is 0 Å². The summed E-state index contributed by atoms with van der Waals surface area (Å²) in [5.41, 5.74) is 0. The minimum atomic E-state index is -0.822. The Morgan fingerprint density at radius 1 is 1.50 bits per heavy atom. The molecule has 0 aromatic carbocycles. The zero-order valence-corrected chi connectivity index (χ0v) is 7.28. The van der Waals surface area contributed by atoms with Crippen LogP contribution in [0, 0.1) is 5.92 Å². The normalized spacial score (nSPS) is 21.5. The molecule has 1 aliphatic rings. The summed E-state index contributed by atoms with van der Waals surface area (Å²) in [6, 6.07) is -0.458. The molecule has 0 amide bonds. The Hall–Kier alpha value is -0.900. The molecule has 0 aliphatic carbocycles. The molecule has 1 rings (SSSR count). The van der Waals surface area contributed by atoms with Crippen LogP contribution in [0.4, 0.5) is 0 Å². The molecule has 12 heavy (non-hydrogen) atoms. The quantitative estimate of drug-likeness (QED) is 0.648. The van der Waals surface area contributed by atoms with Crippen LogP contribution >= 0.6 is 0 Å². The average molecular weight is 171 g/mol. The van der Waals surface area contributed by atoms with Gasteiger partial charge in [0, 0.05) is 19.0 Å². The average Bonchev–Trinajstić information content (AvgIpc) is 1.82. The highest BCUT2D eigenvalue weighted by atomic mass is 16.4. The number of carbonyl (C=O) groups excluding carboxylic acids is 1. The van der Waals surface area contributed by atoms with Gasteiger partial charge in [-0.15, -0.1) is 0 Å². The van der Waals surface area contributed by atoms with Crippen molar-refractivity contribution in [1.82, 2.24) is 4.90 Å². The molecule has 1 N–H and O–H groups in total. The number of Topliss-reactive ketones (excluding diaryl/α,β-unsaturated/α-hetero) is 1. The van der Waals surface area contributed by atoms with E-state index >= 15 is 0 Å². The van der Waals surface area contributed by atoms with Gasteiger partial charge in [0.15, 0.2) is 0 Å². The zero-order chi connectivity index (χ0) is 9.30. The molecule has 1 heterocycles. The number of rotatable bonds is 3. The van der Waals surface area contributed by atoms with Crippen LogP contribution < -0.4 is 0 Å². The Balaban J connectivity index is 2.34. The van der Waals surface area contributed by atoms with Gasteiger partial charge in [-0.05, 0) is 13.8 Å². The van der Waals surface area contributed by atoms with Gasteiger partial charge in [-0.1, -0.05) is 0 Å². The van der Waals surface area contributed by atoms with E-state index in [2.05, 4.69) is 0 Å². The van der Waals surface area contributed by atoms with E-state index in [0.29, 0.717) is 13.1 Å². The number of carbonyl (C=O) groups is 2. The molecule has 1 atom stereocenters. The predicted octanol–water partition coefficient (Wildman–Crippen LogP) is -0.0197. The van der Waals surface area contributed by atoms with Gasteiger partial charge in [0.05, 0.1) is 0 Å². The van der Waals surface area contributed by atoms with E-state index in [0.717, 1.165) is 0 Å². The van der Waals surface area contributed by atoms with Crippen molar-refractivity contribution in [2.75, 3.05) is 13.1 Å². The second-order valence-corrected chi connectivity index (χ2v) is 3.28. The summed E-state index contributed by atoms with van der Waals surface area (Å²) < 4.78 is 0. The Morgan fingerprint density at radius 2 is 2.00 bits per heavy atom. The fourth-order valence-corrected chi connectivity index (χ4v) is 1.24. The fourth-order valence-electron chi connectivity index (χ4n) is 1.24. The van der Waals surface area contributed by atoms with Crippen LogP contribution in [0.25, 0.3) is 0 Å². The van der Waals surface area contributed by atoms with Gasteiger partial charge in [0.25, 0.3) is 0 Å². The molecule has 1 aliphatic heterocycles. The first-order chi connectivity index (χ1) is 5.52. The highest BCUT2D eigenvalue weighted by Gasteiger charge is 2.35. The van der Waals surface area contributed by atoms with Gasteiger partial charge in [-0.2, -0.15) is 0 Å². The van der Waals surface area contributed by atoms with Gasteiger partial charge in [-0.25, -0.2) is 0 Å². The molecule has 0 saturated carbocycles. The molecule has 4 heteroatoms. The molecule has 0 spiro atoms. The second-order valence-electron chi connectivity index (χ2n) is 3.28. The maximum Gasteiger partial charge on any atom is 0.320 e. The number of hydrogen-bond donors (Lipinski definition) is 1. The van der Waals surface area contributed by atoms with Crippen LogP contribution in [0.5, 0.6) is 0 Å². The second kappa shape index (κ2) is 3.23. The Labute approximate surface area is 71.2 Å². The summed E-state index contributed by atoms with van der Waals surface area (Å²) in [4.78, 5) is 23.1. The van der Waals surface area contributed by atoms with Crippen molar-refractivity contribution in [2.24, 2.45) is 5.92 Å². The molecular formula is C8H13NO3. The highest BCUT2D eigenvalue weighted by molar-refractivity contribution is 5.80. The van der Waals surface area contributed by atoms with Gasteiger partial charge >= 0.3 is 5.97 Å². The van der Waals surface area contributed by atoms with Crippen molar-refractivity contribution in [2.45, 2.75) is 19.9 Å². The third-order valence-corrected chi connectivity index (χ3v) is 2.39.